The Bertz CT molecular complexity index is 3840. The molecule has 0 saturated heterocycles. The molecule has 8 heteroatoms. The molecule has 12 rings (SSSR count). The summed E-state index contributed by atoms with van der Waals surface area (Å²) >= 11 is -1.87. The molecule has 2 atom stereocenters. The van der Waals surface area contributed by atoms with Crippen LogP contribution in [0.2, 0.25) is 17.3 Å². The fourth-order valence-electron chi connectivity index (χ4n) is 11.5. The molecular formula is C70H71GeIrN5O-2. The maximum atomic E-state index is 6.87. The molecule has 0 aliphatic heterocycles. The quantitative estimate of drug-likeness (QED) is 0.0953. The van der Waals surface area contributed by atoms with Gasteiger partial charge < -0.3 is 8.98 Å². The summed E-state index contributed by atoms with van der Waals surface area (Å²) < 4.78 is 10.8. The van der Waals surface area contributed by atoms with E-state index in [-0.39, 0.29) is 25.5 Å². The van der Waals surface area contributed by atoms with E-state index in [1.54, 1.807) is 4.40 Å². The van der Waals surface area contributed by atoms with Gasteiger partial charge in [0.25, 0.3) is 0 Å². The van der Waals surface area contributed by atoms with E-state index in [4.69, 9.17) is 24.4 Å². The minimum absolute atomic E-state index is 0. The number of benzene rings is 6. The van der Waals surface area contributed by atoms with Gasteiger partial charge in [-0.25, -0.2) is 4.98 Å². The maximum Gasteiger partial charge on any atom is 0.216 e. The van der Waals surface area contributed by atoms with Crippen LogP contribution in [0, 0.1) is 30.9 Å². The van der Waals surface area contributed by atoms with Crippen LogP contribution in [0.25, 0.3) is 94.6 Å². The molecule has 1 fully saturated rings. The molecule has 1 aliphatic carbocycles. The fraction of sp³-hybridized carbons (Fsp3) is 0.286. The summed E-state index contributed by atoms with van der Waals surface area (Å²) in [5.41, 5.74) is 17.3. The molecule has 6 nitrogen and oxygen atoms in total. The molecule has 11 aromatic rings. The van der Waals surface area contributed by atoms with Gasteiger partial charge in [0.1, 0.15) is 0 Å². The van der Waals surface area contributed by atoms with E-state index < -0.39 is 13.3 Å². The zero-order valence-electron chi connectivity index (χ0n) is 47.0. The first-order valence-electron chi connectivity index (χ1n) is 27.9. The average Bonchev–Trinajstić information content (AvgIpc) is 4.39. The summed E-state index contributed by atoms with van der Waals surface area (Å²) in [5, 5.41) is 3.07. The van der Waals surface area contributed by atoms with Gasteiger partial charge >= 0.3 is 132 Å². The maximum absolute atomic E-state index is 6.87. The Morgan fingerprint density at radius 2 is 1.41 bits per heavy atom. The van der Waals surface area contributed by atoms with Crippen LogP contribution in [0.1, 0.15) is 102 Å². The predicted molar refractivity (Wildman–Crippen MR) is 325 cm³/mol. The zero-order valence-corrected chi connectivity index (χ0v) is 51.5. The number of fused-ring (bicyclic) bond motifs is 6. The van der Waals surface area contributed by atoms with Gasteiger partial charge in [-0.2, -0.15) is 0 Å². The third-order valence-electron chi connectivity index (χ3n) is 16.1. The van der Waals surface area contributed by atoms with Gasteiger partial charge in [0, 0.05) is 59.3 Å². The van der Waals surface area contributed by atoms with Gasteiger partial charge in [0.05, 0.1) is 33.6 Å². The Hall–Kier alpha value is -6.51. The van der Waals surface area contributed by atoms with Crippen molar-refractivity contribution >= 4 is 61.7 Å². The van der Waals surface area contributed by atoms with Crippen molar-refractivity contribution < 1.29 is 24.5 Å². The van der Waals surface area contributed by atoms with Crippen LogP contribution in [-0.2, 0) is 31.9 Å². The van der Waals surface area contributed by atoms with Crippen LogP contribution < -0.4 is 4.40 Å². The Kier molecular flexibility index (Phi) is 15.9. The van der Waals surface area contributed by atoms with Crippen molar-refractivity contribution in [3.8, 4) is 50.6 Å². The molecule has 1 saturated carbocycles. The van der Waals surface area contributed by atoms with Crippen molar-refractivity contribution in [2.75, 3.05) is 0 Å². The summed E-state index contributed by atoms with van der Waals surface area (Å²) in [4.78, 5) is 20.6. The third kappa shape index (κ3) is 11.0. The second-order valence-electron chi connectivity index (χ2n) is 23.7. The fourth-order valence-corrected chi connectivity index (χ4v) is 14.9. The summed E-state index contributed by atoms with van der Waals surface area (Å²) in [6.07, 6.45) is 9.70. The van der Waals surface area contributed by atoms with Crippen molar-refractivity contribution in [2.45, 2.75) is 116 Å². The van der Waals surface area contributed by atoms with Crippen LogP contribution in [0.5, 0.6) is 0 Å². The van der Waals surface area contributed by atoms with Gasteiger partial charge in [0.2, 0.25) is 5.71 Å². The summed E-state index contributed by atoms with van der Waals surface area (Å²) in [7, 11) is 0. The molecular weight excluding hydrogens is 1190 g/mol. The van der Waals surface area contributed by atoms with E-state index in [2.05, 4.69) is 222 Å². The number of aryl methyl sites for hydroxylation is 1. The van der Waals surface area contributed by atoms with E-state index in [0.717, 1.165) is 113 Å². The Balaban J connectivity index is 0.000000264. The largest absolute Gasteiger partial charge is 0.486 e. The smallest absolute Gasteiger partial charge is 0.216 e. The first-order valence-corrected chi connectivity index (χ1v) is 35.3. The molecule has 397 valence electrons. The molecule has 5 heterocycles. The third-order valence-corrected chi connectivity index (χ3v) is 20.5. The Morgan fingerprint density at radius 3 is 2.05 bits per heavy atom. The van der Waals surface area contributed by atoms with Crippen LogP contribution >= 0.6 is 0 Å². The number of pyridine rings is 3. The van der Waals surface area contributed by atoms with Gasteiger partial charge in [-0.15, -0.1) is 18.2 Å². The van der Waals surface area contributed by atoms with E-state index in [9.17, 15) is 0 Å². The minimum atomic E-state index is -1.87. The number of nitrogens with zero attached hydrogens (tertiary/aromatic N) is 5. The first kappa shape index (κ1) is 54.8. The van der Waals surface area contributed by atoms with Crippen LogP contribution in [-0.4, -0.2) is 37.8 Å². The second kappa shape index (κ2) is 22.7. The molecule has 1 radical (unpaired) electrons. The molecule has 0 bridgehead atoms. The molecule has 0 amide bonds. The summed E-state index contributed by atoms with van der Waals surface area (Å²) in [6.45, 7) is 15.9. The zero-order chi connectivity index (χ0) is 53.6. The van der Waals surface area contributed by atoms with Crippen molar-refractivity contribution in [2.24, 2.45) is 11.8 Å². The van der Waals surface area contributed by atoms with Crippen LogP contribution in [0.4, 0.5) is 0 Å². The Morgan fingerprint density at radius 1 is 0.731 bits per heavy atom. The first-order chi connectivity index (χ1) is 37.1. The topological polar surface area (TPSA) is 69.6 Å². The number of hydrogen-bond donors (Lipinski definition) is 0. The predicted octanol–water partition coefficient (Wildman–Crippen LogP) is 18.2. The van der Waals surface area contributed by atoms with Crippen molar-refractivity contribution in [3.05, 3.63) is 193 Å². The number of aromatic nitrogens is 5. The van der Waals surface area contributed by atoms with Crippen molar-refractivity contribution in [3.63, 3.8) is 0 Å². The normalized spacial score (nSPS) is 13.9. The molecule has 1 aliphatic rings. The van der Waals surface area contributed by atoms with Gasteiger partial charge in [-0.05, 0) is 84.2 Å². The standard InChI is InChI=1S/C51H45N4O.C19H26GeN.Ir/c1-31-23-24-36-25-27-44-47(45(36)52-31)55(46-41(34-17-8-6-9-18-34)29-37(51(3,4)5)30-42(46)35-19-10-7-11-20-35)49(53-44)40-22-14-21-38-39-26-28-43(54-50(39)56-48(38)40)32(2)33-15-12-13-16-33;1-6-15(2)12-17-13-19(16-10-8-7-9-11-16)21-14-18(17)20(3,4)5;/h6-11,14,17-21,23-30,32-33H,12-13,15-16H2,1-5H3;7-10,13-15H,6,12H2,1-5H3;/q2*-1;. The van der Waals surface area contributed by atoms with E-state index in [1.807, 2.05) is 18.2 Å². The monoisotopic (exact) mass is 1260 g/mol. The molecule has 0 spiro atoms. The molecule has 5 aromatic heterocycles. The second-order valence-corrected chi connectivity index (χ2v) is 34.3. The number of furan rings is 1. The molecule has 6 aromatic carbocycles. The summed E-state index contributed by atoms with van der Waals surface area (Å²) in [5.74, 6) is 9.88. The number of hydrogen-bond acceptors (Lipinski definition) is 5. The Labute approximate surface area is 477 Å². The van der Waals surface area contributed by atoms with Gasteiger partial charge in [-0.3, -0.25) is 9.97 Å². The van der Waals surface area contributed by atoms with Crippen molar-refractivity contribution in [1.29, 1.82) is 0 Å². The van der Waals surface area contributed by atoms with Gasteiger partial charge in [0.15, 0.2) is 0 Å². The molecule has 0 N–H and O–H groups in total. The van der Waals surface area contributed by atoms with E-state index in [1.165, 1.54) is 43.2 Å². The van der Waals surface area contributed by atoms with Crippen LogP contribution in [0.3, 0.4) is 0 Å². The molecule has 2 unspecified atom stereocenters. The van der Waals surface area contributed by atoms with E-state index in [0.29, 0.717) is 17.5 Å². The number of imidazole rings is 1. The average molecular weight is 1260 g/mol. The SMILES string of the molecule is CCC(C)Cc1cc(-c2[c-]cccc2)nc[c]1[Ge]([CH3])([CH3])[CH3].Cc1ccc2ccc3nc(-c4[c-]ccc5c4oc4nc(C(C)C6CCCC6)ccc45)n(-c4c(-c5ccccc5)cc(C(C)(C)C)cc4-c4ccccc4)c3c2n1.[Ir]. The van der Waals surface area contributed by atoms with E-state index >= 15 is 0 Å². The van der Waals surface area contributed by atoms with Crippen molar-refractivity contribution in [1.82, 2.24) is 24.5 Å². The summed E-state index contributed by atoms with van der Waals surface area (Å²) in [6, 6.07) is 60.6. The minimum Gasteiger partial charge on any atom is -0.486 e. The molecule has 78 heavy (non-hydrogen) atoms. The number of rotatable bonds is 11. The van der Waals surface area contributed by atoms with Gasteiger partial charge in [-0.1, -0.05) is 124 Å². The van der Waals surface area contributed by atoms with Crippen LogP contribution in [0.15, 0.2) is 162 Å².